The van der Waals surface area contributed by atoms with E-state index in [1.54, 1.807) is 11.3 Å². The average Bonchev–Trinajstić information content (AvgIpc) is 2.89. The maximum atomic E-state index is 8.93. The Kier molecular flexibility index (Phi) is 4.14. The first-order chi connectivity index (χ1) is 8.20. The van der Waals surface area contributed by atoms with Crippen molar-refractivity contribution < 1.29 is 0 Å². The third-order valence-corrected chi connectivity index (χ3v) is 4.58. The van der Waals surface area contributed by atoms with Crippen LogP contribution in [0.1, 0.15) is 41.3 Å². The lowest BCUT2D eigenvalue weighted by Crippen LogP contribution is -2.33. The summed E-state index contributed by atoms with van der Waals surface area (Å²) in [6, 6.07) is 2.89. The molecule has 1 saturated carbocycles. The Bertz CT molecular complexity index is 393. The van der Waals surface area contributed by atoms with Gasteiger partial charge in [-0.25, -0.2) is 4.98 Å². The second-order valence-electron chi connectivity index (χ2n) is 4.75. The summed E-state index contributed by atoms with van der Waals surface area (Å²) in [7, 11) is 0. The summed E-state index contributed by atoms with van der Waals surface area (Å²) in [6.45, 7) is 5.54. The van der Waals surface area contributed by atoms with Crippen molar-refractivity contribution in [3.63, 3.8) is 0 Å². The smallest absolute Gasteiger partial charge is 0.107 e. The fourth-order valence-electron chi connectivity index (χ4n) is 2.45. The van der Waals surface area contributed by atoms with Crippen molar-refractivity contribution in [3.8, 4) is 6.07 Å². The van der Waals surface area contributed by atoms with E-state index in [4.69, 9.17) is 5.26 Å². The molecule has 1 fully saturated rings. The molecule has 0 unspecified atom stereocenters. The number of nitrogens with zero attached hydrogens (tertiary/aromatic N) is 3. The van der Waals surface area contributed by atoms with E-state index in [-0.39, 0.29) is 0 Å². The number of hydrogen-bond donors (Lipinski definition) is 0. The van der Waals surface area contributed by atoms with E-state index in [2.05, 4.69) is 29.8 Å². The predicted octanol–water partition coefficient (Wildman–Crippen LogP) is 3.03. The molecule has 92 valence electrons. The zero-order valence-corrected chi connectivity index (χ0v) is 11.4. The van der Waals surface area contributed by atoms with E-state index in [9.17, 15) is 0 Å². The molecular weight excluding hydrogens is 230 g/mol. The minimum atomic E-state index is 0.530. The van der Waals surface area contributed by atoms with Gasteiger partial charge in [0.15, 0.2) is 0 Å². The Hall–Kier alpha value is -0.920. The van der Waals surface area contributed by atoms with Crippen molar-refractivity contribution in [3.05, 3.63) is 15.6 Å². The minimum absolute atomic E-state index is 0.530. The quantitative estimate of drug-likeness (QED) is 0.770. The first-order valence-electron chi connectivity index (χ1n) is 6.24. The maximum Gasteiger partial charge on any atom is 0.107 e. The molecule has 3 nitrogen and oxygen atoms in total. The Morgan fingerprint density at radius 2 is 2.12 bits per heavy atom. The zero-order valence-electron chi connectivity index (χ0n) is 10.6. The molecule has 0 spiro atoms. The van der Waals surface area contributed by atoms with Crippen molar-refractivity contribution in [2.24, 2.45) is 0 Å². The first-order valence-corrected chi connectivity index (χ1v) is 7.06. The van der Waals surface area contributed by atoms with E-state index in [0.29, 0.717) is 12.6 Å². The molecule has 1 aromatic heterocycles. The van der Waals surface area contributed by atoms with Crippen LogP contribution in [0.4, 0.5) is 0 Å². The molecule has 1 aliphatic rings. The van der Waals surface area contributed by atoms with Crippen LogP contribution < -0.4 is 0 Å². The van der Waals surface area contributed by atoms with Crippen LogP contribution in [0.3, 0.4) is 0 Å². The SMILES string of the molecule is Cc1nc(CN(CC#N)C2CCCC2)sc1C. The molecule has 0 radical (unpaired) electrons. The van der Waals surface area contributed by atoms with Gasteiger partial charge in [-0.15, -0.1) is 11.3 Å². The molecule has 1 aliphatic carbocycles. The molecule has 0 amide bonds. The lowest BCUT2D eigenvalue weighted by molar-refractivity contribution is 0.214. The van der Waals surface area contributed by atoms with Crippen molar-refractivity contribution in [1.82, 2.24) is 9.88 Å². The van der Waals surface area contributed by atoms with Crippen LogP contribution in [-0.2, 0) is 6.54 Å². The Morgan fingerprint density at radius 1 is 1.41 bits per heavy atom. The largest absolute Gasteiger partial charge is 0.281 e. The number of thiazole rings is 1. The molecular formula is C13H19N3S. The van der Waals surface area contributed by atoms with Crippen LogP contribution >= 0.6 is 11.3 Å². The van der Waals surface area contributed by atoms with E-state index < -0.39 is 0 Å². The molecule has 2 rings (SSSR count). The third kappa shape index (κ3) is 3.05. The fourth-order valence-corrected chi connectivity index (χ4v) is 3.41. The standard InChI is InChI=1S/C13H19N3S/c1-10-11(2)17-13(15-10)9-16(8-7-14)12-5-3-4-6-12/h12H,3-6,8-9H2,1-2H3. The topological polar surface area (TPSA) is 39.9 Å². The summed E-state index contributed by atoms with van der Waals surface area (Å²) >= 11 is 1.77. The van der Waals surface area contributed by atoms with Crippen LogP contribution in [0.2, 0.25) is 0 Å². The molecule has 4 heteroatoms. The van der Waals surface area contributed by atoms with Gasteiger partial charge in [-0.2, -0.15) is 5.26 Å². The zero-order chi connectivity index (χ0) is 12.3. The summed E-state index contributed by atoms with van der Waals surface area (Å²) in [4.78, 5) is 8.16. The number of hydrogen-bond acceptors (Lipinski definition) is 4. The second-order valence-corrected chi connectivity index (χ2v) is 6.04. The highest BCUT2D eigenvalue weighted by atomic mass is 32.1. The molecule has 0 saturated heterocycles. The molecule has 0 bridgehead atoms. The molecule has 0 aliphatic heterocycles. The monoisotopic (exact) mass is 249 g/mol. The van der Waals surface area contributed by atoms with Crippen LogP contribution in [0.5, 0.6) is 0 Å². The molecule has 0 atom stereocenters. The molecule has 0 N–H and O–H groups in total. The second kappa shape index (κ2) is 5.61. The summed E-state index contributed by atoms with van der Waals surface area (Å²) in [5.74, 6) is 0. The maximum absolute atomic E-state index is 8.93. The van der Waals surface area contributed by atoms with Crippen LogP contribution in [0.15, 0.2) is 0 Å². The van der Waals surface area contributed by atoms with Crippen molar-refractivity contribution in [2.45, 2.75) is 52.1 Å². The Morgan fingerprint density at radius 3 is 2.65 bits per heavy atom. The highest BCUT2D eigenvalue weighted by Gasteiger charge is 2.23. The van der Waals surface area contributed by atoms with Gasteiger partial charge < -0.3 is 0 Å². The minimum Gasteiger partial charge on any atom is -0.281 e. The fraction of sp³-hybridized carbons (Fsp3) is 0.692. The van der Waals surface area contributed by atoms with Gasteiger partial charge in [0.1, 0.15) is 5.01 Å². The predicted molar refractivity (Wildman–Crippen MR) is 69.9 cm³/mol. The van der Waals surface area contributed by atoms with Gasteiger partial charge in [0.05, 0.1) is 24.9 Å². The molecule has 17 heavy (non-hydrogen) atoms. The highest BCUT2D eigenvalue weighted by Crippen LogP contribution is 2.26. The summed E-state index contributed by atoms with van der Waals surface area (Å²) in [5.41, 5.74) is 1.13. The van der Waals surface area contributed by atoms with Gasteiger partial charge >= 0.3 is 0 Å². The van der Waals surface area contributed by atoms with E-state index in [1.807, 2.05) is 0 Å². The number of nitriles is 1. The van der Waals surface area contributed by atoms with Crippen LogP contribution in [0, 0.1) is 25.2 Å². The van der Waals surface area contributed by atoms with Crippen molar-refractivity contribution >= 4 is 11.3 Å². The summed E-state index contributed by atoms with van der Waals surface area (Å²) in [6.07, 6.45) is 5.10. The Balaban J connectivity index is 2.04. The van der Waals surface area contributed by atoms with Crippen molar-refractivity contribution in [2.75, 3.05) is 6.54 Å². The van der Waals surface area contributed by atoms with Gasteiger partial charge in [-0.3, -0.25) is 4.90 Å². The van der Waals surface area contributed by atoms with Crippen LogP contribution in [-0.4, -0.2) is 22.5 Å². The molecule has 1 aromatic rings. The first kappa shape index (κ1) is 12.5. The van der Waals surface area contributed by atoms with Crippen LogP contribution in [0.25, 0.3) is 0 Å². The van der Waals surface area contributed by atoms with E-state index in [1.165, 1.54) is 30.6 Å². The van der Waals surface area contributed by atoms with Gasteiger partial charge in [0.2, 0.25) is 0 Å². The average molecular weight is 249 g/mol. The van der Waals surface area contributed by atoms with Gasteiger partial charge in [0, 0.05) is 10.9 Å². The van der Waals surface area contributed by atoms with Crippen molar-refractivity contribution in [1.29, 1.82) is 5.26 Å². The lowest BCUT2D eigenvalue weighted by atomic mass is 10.2. The van der Waals surface area contributed by atoms with Gasteiger partial charge in [0.25, 0.3) is 0 Å². The number of aryl methyl sites for hydroxylation is 2. The summed E-state index contributed by atoms with van der Waals surface area (Å²) in [5, 5.41) is 10.1. The molecule has 0 aromatic carbocycles. The lowest BCUT2D eigenvalue weighted by Gasteiger charge is -2.24. The summed E-state index contributed by atoms with van der Waals surface area (Å²) < 4.78 is 0. The van der Waals surface area contributed by atoms with Gasteiger partial charge in [-0.1, -0.05) is 12.8 Å². The Labute approximate surface area is 107 Å². The highest BCUT2D eigenvalue weighted by molar-refractivity contribution is 7.11. The number of rotatable bonds is 4. The van der Waals surface area contributed by atoms with E-state index in [0.717, 1.165) is 17.2 Å². The van der Waals surface area contributed by atoms with E-state index >= 15 is 0 Å². The number of aromatic nitrogens is 1. The third-order valence-electron chi connectivity index (χ3n) is 3.53. The van der Waals surface area contributed by atoms with Gasteiger partial charge in [-0.05, 0) is 26.7 Å². The normalized spacial score (nSPS) is 16.6. The molecule has 1 heterocycles.